The van der Waals surface area contributed by atoms with E-state index in [1.165, 1.54) is 24.8 Å². The summed E-state index contributed by atoms with van der Waals surface area (Å²) in [7, 11) is 4.19. The van der Waals surface area contributed by atoms with Gasteiger partial charge in [0, 0.05) is 6.54 Å². The van der Waals surface area contributed by atoms with Crippen LogP contribution in [-0.4, -0.2) is 38.0 Å². The van der Waals surface area contributed by atoms with Gasteiger partial charge in [0.05, 0.1) is 0 Å². The van der Waals surface area contributed by atoms with Crippen molar-refractivity contribution in [1.29, 1.82) is 0 Å². The summed E-state index contributed by atoms with van der Waals surface area (Å²) >= 11 is 0. The van der Waals surface area contributed by atoms with Gasteiger partial charge in [0.2, 0.25) is 0 Å². The number of nitrogens with zero attached hydrogens (tertiary/aromatic N) is 2. The molecule has 2 heteroatoms. The highest BCUT2D eigenvalue weighted by atomic mass is 15.0. The number of aliphatic imine (C=N–C) groups is 1. The van der Waals surface area contributed by atoms with Gasteiger partial charge in [0.1, 0.15) is 0 Å². The molecule has 0 fully saturated rings. The second kappa shape index (κ2) is 9.95. The monoisotopic (exact) mass is 210 g/mol. The largest absolute Gasteiger partial charge is 0.309 e. The Bertz CT molecular complexity index is 201. The molecular weight excluding hydrogens is 184 g/mol. The Morgan fingerprint density at radius 3 is 2.47 bits per heavy atom. The molecule has 0 bridgehead atoms. The molecule has 0 aromatic heterocycles. The zero-order valence-electron chi connectivity index (χ0n) is 10.8. The van der Waals surface area contributed by atoms with Crippen molar-refractivity contribution < 1.29 is 0 Å². The molecule has 0 heterocycles. The predicted octanol–water partition coefficient (Wildman–Crippen LogP) is 3.13. The summed E-state index contributed by atoms with van der Waals surface area (Å²) < 4.78 is 0. The first-order valence-corrected chi connectivity index (χ1v) is 6.12. The number of rotatable bonds is 8. The van der Waals surface area contributed by atoms with Gasteiger partial charge in [0.15, 0.2) is 0 Å². The van der Waals surface area contributed by atoms with Crippen molar-refractivity contribution in [3.63, 3.8) is 0 Å². The third kappa shape index (κ3) is 9.71. The molecule has 0 amide bonds. The lowest BCUT2D eigenvalue weighted by molar-refractivity contribution is 0.403. The predicted molar refractivity (Wildman–Crippen MR) is 68.8 cm³/mol. The Balaban J connectivity index is 3.79. The number of hydrogen-bond acceptors (Lipinski definition) is 2. The van der Waals surface area contributed by atoms with Crippen LogP contribution in [0.5, 0.6) is 0 Å². The van der Waals surface area contributed by atoms with Crippen LogP contribution >= 0.6 is 0 Å². The third-order valence-corrected chi connectivity index (χ3v) is 2.37. The Labute approximate surface area is 95.1 Å². The van der Waals surface area contributed by atoms with E-state index in [0.717, 1.165) is 25.9 Å². The number of unbranched alkanes of at least 4 members (excludes halogenated alkanes) is 1. The average Bonchev–Trinajstić information content (AvgIpc) is 2.21. The first kappa shape index (κ1) is 14.4. The van der Waals surface area contributed by atoms with Crippen molar-refractivity contribution in [2.24, 2.45) is 4.99 Å². The van der Waals surface area contributed by atoms with Crippen molar-refractivity contribution in [2.75, 3.05) is 27.2 Å². The van der Waals surface area contributed by atoms with Gasteiger partial charge in [-0.15, -0.1) is 0 Å². The van der Waals surface area contributed by atoms with E-state index in [1.54, 1.807) is 0 Å². The summed E-state index contributed by atoms with van der Waals surface area (Å²) in [5, 5.41) is 0. The molecule has 0 saturated heterocycles. The van der Waals surface area contributed by atoms with Crippen molar-refractivity contribution in [3.8, 4) is 0 Å². The van der Waals surface area contributed by atoms with Crippen molar-refractivity contribution >= 4 is 5.87 Å². The van der Waals surface area contributed by atoms with Crippen LogP contribution in [0.4, 0.5) is 0 Å². The first-order valence-electron chi connectivity index (χ1n) is 6.12. The van der Waals surface area contributed by atoms with E-state index >= 15 is 0 Å². The molecule has 0 aliphatic carbocycles. The van der Waals surface area contributed by atoms with Crippen LogP contribution in [0, 0.1) is 0 Å². The summed E-state index contributed by atoms with van der Waals surface area (Å²) in [6.45, 7) is 6.43. The summed E-state index contributed by atoms with van der Waals surface area (Å²) in [6.07, 6.45) is 5.92. The van der Waals surface area contributed by atoms with E-state index in [-0.39, 0.29) is 0 Å². The lowest BCUT2D eigenvalue weighted by Crippen LogP contribution is -2.13. The van der Waals surface area contributed by atoms with Crippen LogP contribution in [0.3, 0.4) is 0 Å². The molecule has 88 valence electrons. The quantitative estimate of drug-likeness (QED) is 0.444. The van der Waals surface area contributed by atoms with Gasteiger partial charge in [-0.3, -0.25) is 0 Å². The molecule has 0 N–H and O–H groups in total. The maximum absolute atomic E-state index is 4.35. The minimum Gasteiger partial charge on any atom is -0.309 e. The SMILES string of the molecule is CCCCC(=C=NCCCN(C)C)CC. The summed E-state index contributed by atoms with van der Waals surface area (Å²) in [5.41, 5.74) is 1.38. The molecule has 0 aromatic carbocycles. The van der Waals surface area contributed by atoms with Crippen LogP contribution in [-0.2, 0) is 0 Å². The van der Waals surface area contributed by atoms with Gasteiger partial charge in [-0.1, -0.05) is 20.3 Å². The van der Waals surface area contributed by atoms with Gasteiger partial charge in [-0.05, 0) is 57.8 Å². The average molecular weight is 210 g/mol. The van der Waals surface area contributed by atoms with Crippen LogP contribution in [0.15, 0.2) is 10.6 Å². The van der Waals surface area contributed by atoms with Crippen LogP contribution in [0.25, 0.3) is 0 Å². The van der Waals surface area contributed by atoms with E-state index in [0.29, 0.717) is 0 Å². The Morgan fingerprint density at radius 2 is 1.93 bits per heavy atom. The van der Waals surface area contributed by atoms with Crippen LogP contribution in [0.1, 0.15) is 46.0 Å². The normalized spacial score (nSPS) is 10.2. The van der Waals surface area contributed by atoms with E-state index in [9.17, 15) is 0 Å². The van der Waals surface area contributed by atoms with Gasteiger partial charge >= 0.3 is 0 Å². The van der Waals surface area contributed by atoms with Crippen molar-refractivity contribution in [3.05, 3.63) is 5.57 Å². The fourth-order valence-corrected chi connectivity index (χ4v) is 1.34. The Kier molecular flexibility index (Phi) is 9.55. The summed E-state index contributed by atoms with van der Waals surface area (Å²) in [6, 6.07) is 0. The summed E-state index contributed by atoms with van der Waals surface area (Å²) in [4.78, 5) is 6.55. The highest BCUT2D eigenvalue weighted by molar-refractivity contribution is 5.57. The molecular formula is C13H26N2. The van der Waals surface area contributed by atoms with E-state index in [2.05, 4.69) is 43.7 Å². The van der Waals surface area contributed by atoms with E-state index < -0.39 is 0 Å². The molecule has 15 heavy (non-hydrogen) atoms. The molecule has 0 radical (unpaired) electrons. The maximum Gasteiger partial charge on any atom is 0.0496 e. The van der Waals surface area contributed by atoms with Gasteiger partial charge in [-0.2, -0.15) is 0 Å². The fourth-order valence-electron chi connectivity index (χ4n) is 1.34. The minimum atomic E-state index is 0.911. The van der Waals surface area contributed by atoms with E-state index in [4.69, 9.17) is 0 Å². The lowest BCUT2D eigenvalue weighted by atomic mass is 10.1. The second-order valence-corrected chi connectivity index (χ2v) is 4.21. The molecule has 0 unspecified atom stereocenters. The molecule has 0 rings (SSSR count). The third-order valence-electron chi connectivity index (χ3n) is 2.37. The van der Waals surface area contributed by atoms with Gasteiger partial charge in [0.25, 0.3) is 0 Å². The number of allylic oxidation sites excluding steroid dienone is 1. The van der Waals surface area contributed by atoms with Crippen molar-refractivity contribution in [1.82, 2.24) is 4.90 Å². The standard InChI is InChI=1S/C13H26N2/c1-5-7-9-13(6-2)12-14-10-8-11-15(3)4/h5-11H2,1-4H3. The first-order chi connectivity index (χ1) is 7.20. The molecule has 0 saturated carbocycles. The minimum absolute atomic E-state index is 0.911. The summed E-state index contributed by atoms with van der Waals surface area (Å²) in [5.74, 6) is 3.20. The molecule has 0 atom stereocenters. The fraction of sp³-hybridized carbons (Fsp3) is 0.846. The van der Waals surface area contributed by atoms with Crippen molar-refractivity contribution in [2.45, 2.75) is 46.0 Å². The van der Waals surface area contributed by atoms with Gasteiger partial charge < -0.3 is 4.90 Å². The zero-order valence-corrected chi connectivity index (χ0v) is 10.8. The Morgan fingerprint density at radius 1 is 1.20 bits per heavy atom. The topological polar surface area (TPSA) is 15.6 Å². The maximum atomic E-state index is 4.35. The van der Waals surface area contributed by atoms with Crippen LogP contribution in [0.2, 0.25) is 0 Å². The zero-order chi connectivity index (χ0) is 11.5. The molecule has 0 aromatic rings. The lowest BCUT2D eigenvalue weighted by Gasteiger charge is -2.06. The molecule has 0 aliphatic heterocycles. The van der Waals surface area contributed by atoms with Gasteiger partial charge in [-0.25, -0.2) is 4.99 Å². The highest BCUT2D eigenvalue weighted by Gasteiger charge is 1.92. The second-order valence-electron chi connectivity index (χ2n) is 4.21. The number of hydrogen-bond donors (Lipinski definition) is 0. The molecule has 0 aliphatic rings. The smallest absolute Gasteiger partial charge is 0.0496 e. The highest BCUT2D eigenvalue weighted by Crippen LogP contribution is 2.06. The molecule has 2 nitrogen and oxygen atoms in total. The molecule has 0 spiro atoms. The van der Waals surface area contributed by atoms with Crippen LogP contribution < -0.4 is 0 Å². The Hall–Kier alpha value is -0.590. The van der Waals surface area contributed by atoms with E-state index in [1.807, 2.05) is 0 Å².